The third kappa shape index (κ3) is 4.33. The summed E-state index contributed by atoms with van der Waals surface area (Å²) < 4.78 is 23.3. The van der Waals surface area contributed by atoms with Gasteiger partial charge in [0.05, 0.1) is 5.75 Å². The summed E-state index contributed by atoms with van der Waals surface area (Å²) in [6, 6.07) is 0.187. The molecule has 1 fully saturated rings. The second-order valence-electron chi connectivity index (χ2n) is 4.19. The number of carboxylic acid groups (broad SMARTS) is 1. The highest BCUT2D eigenvalue weighted by atomic mass is 32.2. The fraction of sp³-hybridized carbons (Fsp3) is 0.800. The number of sulfone groups is 1. The van der Waals surface area contributed by atoms with Gasteiger partial charge in [-0.2, -0.15) is 0 Å². The minimum absolute atomic E-state index is 0.0158. The first-order chi connectivity index (χ1) is 7.86. The van der Waals surface area contributed by atoms with Crippen LogP contribution in [0.2, 0.25) is 0 Å². The maximum atomic E-state index is 11.6. The fourth-order valence-electron chi connectivity index (χ4n) is 1.49. The average molecular weight is 263 g/mol. The quantitative estimate of drug-likeness (QED) is 0.670. The van der Waals surface area contributed by atoms with Crippen molar-refractivity contribution in [3.63, 3.8) is 0 Å². The minimum Gasteiger partial charge on any atom is -0.480 e. The summed E-state index contributed by atoms with van der Waals surface area (Å²) in [6.45, 7) is 1.50. The van der Waals surface area contributed by atoms with Crippen LogP contribution >= 0.6 is 0 Å². The molecule has 2 N–H and O–H groups in total. The number of hydrogen-bond donors (Lipinski definition) is 2. The van der Waals surface area contributed by atoms with Crippen LogP contribution in [0.15, 0.2) is 0 Å². The van der Waals surface area contributed by atoms with Crippen LogP contribution in [0.1, 0.15) is 32.6 Å². The summed E-state index contributed by atoms with van der Waals surface area (Å²) >= 11 is 0. The lowest BCUT2D eigenvalue weighted by atomic mass is 10.3. The van der Waals surface area contributed by atoms with E-state index in [2.05, 4.69) is 5.32 Å². The van der Waals surface area contributed by atoms with E-state index in [1.807, 2.05) is 0 Å². The van der Waals surface area contributed by atoms with Gasteiger partial charge in [0.15, 0.2) is 15.1 Å². The van der Waals surface area contributed by atoms with E-state index in [0.29, 0.717) is 0 Å². The van der Waals surface area contributed by atoms with Gasteiger partial charge in [-0.1, -0.05) is 6.92 Å². The smallest absolute Gasteiger partial charge is 0.321 e. The molecule has 17 heavy (non-hydrogen) atoms. The van der Waals surface area contributed by atoms with Gasteiger partial charge in [0.25, 0.3) is 0 Å². The van der Waals surface area contributed by atoms with Crippen molar-refractivity contribution in [1.82, 2.24) is 5.32 Å². The van der Waals surface area contributed by atoms with Crippen molar-refractivity contribution in [2.75, 3.05) is 5.75 Å². The largest absolute Gasteiger partial charge is 0.480 e. The summed E-state index contributed by atoms with van der Waals surface area (Å²) in [6.07, 6.45) is 1.72. The van der Waals surface area contributed by atoms with E-state index in [1.54, 1.807) is 0 Å². The summed E-state index contributed by atoms with van der Waals surface area (Å²) in [5, 5.41) is 10.0. The van der Waals surface area contributed by atoms with Gasteiger partial charge in [0.2, 0.25) is 5.91 Å². The van der Waals surface area contributed by atoms with Gasteiger partial charge in [-0.3, -0.25) is 9.59 Å². The van der Waals surface area contributed by atoms with Gasteiger partial charge in [-0.05, 0) is 19.3 Å². The molecule has 0 heterocycles. The van der Waals surface area contributed by atoms with Gasteiger partial charge in [0, 0.05) is 12.5 Å². The highest BCUT2D eigenvalue weighted by molar-refractivity contribution is 7.92. The molecule has 98 valence electrons. The van der Waals surface area contributed by atoms with Gasteiger partial charge in [0.1, 0.15) is 0 Å². The number of carbonyl (C=O) groups excluding carboxylic acids is 1. The maximum Gasteiger partial charge on any atom is 0.321 e. The van der Waals surface area contributed by atoms with Crippen molar-refractivity contribution < 1.29 is 23.1 Å². The van der Waals surface area contributed by atoms with E-state index in [9.17, 15) is 18.0 Å². The Morgan fingerprint density at radius 1 is 1.41 bits per heavy atom. The molecule has 0 aromatic rings. The maximum absolute atomic E-state index is 11.6. The number of hydrogen-bond acceptors (Lipinski definition) is 4. The third-order valence-electron chi connectivity index (χ3n) is 2.64. The zero-order valence-corrected chi connectivity index (χ0v) is 10.5. The lowest BCUT2D eigenvalue weighted by molar-refractivity contribution is -0.136. The molecule has 1 aliphatic carbocycles. The van der Waals surface area contributed by atoms with Crippen molar-refractivity contribution in [2.24, 2.45) is 0 Å². The number of carbonyl (C=O) groups is 2. The van der Waals surface area contributed by atoms with Crippen LogP contribution in [-0.4, -0.2) is 42.4 Å². The topological polar surface area (TPSA) is 101 Å². The molecule has 0 aromatic heterocycles. The lowest BCUT2D eigenvalue weighted by Crippen LogP contribution is -2.34. The Balaban J connectivity index is 2.47. The van der Waals surface area contributed by atoms with Gasteiger partial charge < -0.3 is 10.4 Å². The number of rotatable bonds is 7. The van der Waals surface area contributed by atoms with Gasteiger partial charge in [-0.25, -0.2) is 8.42 Å². The van der Waals surface area contributed by atoms with Gasteiger partial charge in [-0.15, -0.1) is 0 Å². The standard InChI is InChI=1S/C10H17NO5S/c1-2-8(10(13)14)17(15,16)6-5-9(12)11-7-3-4-7/h7-8H,2-6H2,1H3,(H,11,12)(H,13,14). The molecule has 0 radical (unpaired) electrons. The normalized spacial score (nSPS) is 17.5. The molecule has 1 amide bonds. The Bertz CT molecular complexity index is 399. The first-order valence-corrected chi connectivity index (χ1v) is 7.32. The first-order valence-electron chi connectivity index (χ1n) is 5.60. The van der Waals surface area contributed by atoms with Crippen LogP contribution < -0.4 is 5.32 Å². The van der Waals surface area contributed by atoms with Gasteiger partial charge >= 0.3 is 5.97 Å². The first kappa shape index (κ1) is 14.0. The molecule has 1 rings (SSSR count). The van der Waals surface area contributed by atoms with Crippen LogP contribution in [0.5, 0.6) is 0 Å². The molecule has 0 spiro atoms. The Kier molecular flexibility index (Phi) is 4.50. The van der Waals surface area contributed by atoms with E-state index in [-0.39, 0.29) is 24.8 Å². The number of amides is 1. The van der Waals surface area contributed by atoms with Crippen LogP contribution in [0.4, 0.5) is 0 Å². The Labute approximate surface area is 100 Å². The third-order valence-corrected chi connectivity index (χ3v) is 4.81. The summed E-state index contributed by atoms with van der Waals surface area (Å²) in [4.78, 5) is 22.0. The van der Waals surface area contributed by atoms with E-state index in [1.165, 1.54) is 6.92 Å². The molecule has 0 saturated heterocycles. The molecule has 0 aromatic carbocycles. The average Bonchev–Trinajstić information content (AvgIpc) is 2.99. The van der Waals surface area contributed by atoms with E-state index < -0.39 is 26.8 Å². The highest BCUT2D eigenvalue weighted by Crippen LogP contribution is 2.18. The SMILES string of the molecule is CCC(C(=O)O)S(=O)(=O)CCC(=O)NC1CC1. The van der Waals surface area contributed by atoms with Crippen molar-refractivity contribution in [1.29, 1.82) is 0 Å². The molecular weight excluding hydrogens is 246 g/mol. The molecule has 1 atom stereocenters. The van der Waals surface area contributed by atoms with Crippen molar-refractivity contribution in [3.8, 4) is 0 Å². The van der Waals surface area contributed by atoms with E-state index in [4.69, 9.17) is 5.11 Å². The Morgan fingerprint density at radius 2 is 2.00 bits per heavy atom. The molecule has 1 aliphatic rings. The summed E-state index contributed by atoms with van der Waals surface area (Å²) in [7, 11) is -3.74. The minimum atomic E-state index is -3.74. The van der Waals surface area contributed by atoms with Crippen LogP contribution in [0.3, 0.4) is 0 Å². The predicted octanol–water partition coefficient (Wildman–Crippen LogP) is -0.0669. The summed E-state index contributed by atoms with van der Waals surface area (Å²) in [5.74, 6) is -2.08. The number of aliphatic carboxylic acids is 1. The zero-order chi connectivity index (χ0) is 13.1. The van der Waals surface area contributed by atoms with Crippen molar-refractivity contribution in [3.05, 3.63) is 0 Å². The Hall–Kier alpha value is -1.11. The molecule has 1 saturated carbocycles. The molecule has 6 nitrogen and oxygen atoms in total. The summed E-state index contributed by atoms with van der Waals surface area (Å²) in [5.41, 5.74) is 0. The van der Waals surface area contributed by atoms with Crippen LogP contribution in [0, 0.1) is 0 Å². The molecule has 0 bridgehead atoms. The molecule has 7 heteroatoms. The van der Waals surface area contributed by atoms with Crippen LogP contribution in [0.25, 0.3) is 0 Å². The fourth-order valence-corrected chi connectivity index (χ4v) is 3.06. The van der Waals surface area contributed by atoms with E-state index >= 15 is 0 Å². The van der Waals surface area contributed by atoms with Crippen LogP contribution in [-0.2, 0) is 19.4 Å². The predicted molar refractivity (Wildman–Crippen MR) is 61.3 cm³/mol. The number of nitrogens with one attached hydrogen (secondary N) is 1. The number of carboxylic acids is 1. The second-order valence-corrected chi connectivity index (χ2v) is 6.50. The molecule has 0 aliphatic heterocycles. The highest BCUT2D eigenvalue weighted by Gasteiger charge is 2.31. The van der Waals surface area contributed by atoms with E-state index in [0.717, 1.165) is 12.8 Å². The monoisotopic (exact) mass is 263 g/mol. The Morgan fingerprint density at radius 3 is 2.41 bits per heavy atom. The second kappa shape index (κ2) is 5.48. The zero-order valence-electron chi connectivity index (χ0n) is 9.68. The molecule has 1 unspecified atom stereocenters. The van der Waals surface area contributed by atoms with Crippen molar-refractivity contribution >= 4 is 21.7 Å². The lowest BCUT2D eigenvalue weighted by Gasteiger charge is -2.11. The molecular formula is C10H17NO5S. The van der Waals surface area contributed by atoms with Crippen molar-refractivity contribution in [2.45, 2.75) is 43.9 Å².